The Kier molecular flexibility index (Phi) is 4.33. The van der Waals surface area contributed by atoms with E-state index in [1.54, 1.807) is 6.29 Å². The number of aryl methyl sites for hydroxylation is 2. The van der Waals surface area contributed by atoms with Crippen molar-refractivity contribution in [1.82, 2.24) is 0 Å². The fourth-order valence-electron chi connectivity index (χ4n) is 1.29. The molecule has 1 radical (unpaired) electrons. The number of aliphatic hydroxyl groups is 1. The quantitative estimate of drug-likeness (QED) is 0.770. The molecule has 0 unspecified atom stereocenters. The second kappa shape index (κ2) is 5.55. The van der Waals surface area contributed by atoms with Gasteiger partial charge in [0, 0.05) is 6.42 Å². The Morgan fingerprint density at radius 3 is 2.57 bits per heavy atom. The van der Waals surface area contributed by atoms with Gasteiger partial charge in [0.25, 0.3) is 0 Å². The van der Waals surface area contributed by atoms with Crippen LogP contribution in [0.2, 0.25) is 0 Å². The van der Waals surface area contributed by atoms with Crippen molar-refractivity contribution >= 4 is 6.29 Å². The molecule has 0 saturated carbocycles. The summed E-state index contributed by atoms with van der Waals surface area (Å²) in [5, 5.41) is 9.30. The van der Waals surface area contributed by atoms with Crippen LogP contribution in [0.3, 0.4) is 0 Å². The summed E-state index contributed by atoms with van der Waals surface area (Å²) in [5.74, 6) is 0. The molecule has 0 bridgehead atoms. The number of benzene rings is 1. The van der Waals surface area contributed by atoms with Gasteiger partial charge in [-0.15, -0.1) is 0 Å². The minimum Gasteiger partial charge on any atom is -0.393 e. The number of aliphatic hydroxyl groups excluding tert-OH is 1. The molecule has 0 aliphatic rings. The second-order valence-corrected chi connectivity index (χ2v) is 3.53. The molecule has 0 aromatic heterocycles. The molecule has 0 heterocycles. The molecule has 0 aliphatic heterocycles. The van der Waals surface area contributed by atoms with Crippen molar-refractivity contribution in [1.29, 1.82) is 0 Å². The summed E-state index contributed by atoms with van der Waals surface area (Å²) < 4.78 is 0. The first-order valence-electron chi connectivity index (χ1n) is 4.81. The van der Waals surface area contributed by atoms with Gasteiger partial charge in [0.05, 0.1) is 6.10 Å². The lowest BCUT2D eigenvalue weighted by Crippen LogP contribution is -2.08. The van der Waals surface area contributed by atoms with Crippen LogP contribution >= 0.6 is 0 Å². The van der Waals surface area contributed by atoms with E-state index >= 15 is 0 Å². The minimum absolute atomic E-state index is 0.117. The number of hydrogen-bond donors (Lipinski definition) is 1. The van der Waals surface area contributed by atoms with Gasteiger partial charge in [-0.3, -0.25) is 4.79 Å². The molecule has 0 spiro atoms. The first-order valence-corrected chi connectivity index (χ1v) is 4.81. The molecule has 1 atom stereocenters. The molecule has 75 valence electrons. The van der Waals surface area contributed by atoms with Crippen molar-refractivity contribution < 1.29 is 9.90 Å². The van der Waals surface area contributed by atoms with Crippen molar-refractivity contribution in [2.45, 2.75) is 32.3 Å². The number of rotatable bonds is 5. The highest BCUT2D eigenvalue weighted by atomic mass is 16.3. The van der Waals surface area contributed by atoms with Gasteiger partial charge in [0.15, 0.2) is 0 Å². The van der Waals surface area contributed by atoms with E-state index in [0.29, 0.717) is 6.42 Å². The zero-order valence-corrected chi connectivity index (χ0v) is 8.36. The summed E-state index contributed by atoms with van der Waals surface area (Å²) in [6.07, 6.45) is 2.71. The molecule has 0 fully saturated rings. The second-order valence-electron chi connectivity index (χ2n) is 3.53. The third-order valence-corrected chi connectivity index (χ3v) is 2.21. The lowest BCUT2D eigenvalue weighted by atomic mass is 10.0. The maximum atomic E-state index is 9.99. The van der Waals surface area contributed by atoms with E-state index in [2.05, 4.69) is 0 Å². The Morgan fingerprint density at radius 1 is 1.36 bits per heavy atom. The SMILES string of the molecule is Cc1ccc(CC[C@@H](O)C[C]=O)cc1. The molecular weight excluding hydrogens is 176 g/mol. The average Bonchev–Trinajstić information content (AvgIpc) is 2.17. The van der Waals surface area contributed by atoms with Crippen LogP contribution < -0.4 is 0 Å². The van der Waals surface area contributed by atoms with Gasteiger partial charge in [-0.1, -0.05) is 29.8 Å². The molecule has 1 rings (SSSR count). The van der Waals surface area contributed by atoms with E-state index in [9.17, 15) is 9.90 Å². The van der Waals surface area contributed by atoms with Crippen LogP contribution in [0.15, 0.2) is 24.3 Å². The van der Waals surface area contributed by atoms with Gasteiger partial charge in [0.2, 0.25) is 6.29 Å². The molecule has 1 N–H and O–H groups in total. The first kappa shape index (κ1) is 10.9. The zero-order valence-electron chi connectivity index (χ0n) is 8.36. The predicted molar refractivity (Wildman–Crippen MR) is 55.8 cm³/mol. The Morgan fingerprint density at radius 2 is 2.00 bits per heavy atom. The van der Waals surface area contributed by atoms with Crippen LogP contribution in [0.4, 0.5) is 0 Å². The van der Waals surface area contributed by atoms with Gasteiger partial charge >= 0.3 is 0 Å². The third kappa shape index (κ3) is 3.71. The van der Waals surface area contributed by atoms with Crippen molar-refractivity contribution in [3.05, 3.63) is 35.4 Å². The lowest BCUT2D eigenvalue weighted by molar-refractivity contribution is 0.171. The van der Waals surface area contributed by atoms with Crippen molar-refractivity contribution in [2.75, 3.05) is 0 Å². The first-order chi connectivity index (χ1) is 6.72. The van der Waals surface area contributed by atoms with Gasteiger partial charge in [0.1, 0.15) is 0 Å². The molecule has 2 heteroatoms. The Labute approximate surface area is 84.6 Å². The van der Waals surface area contributed by atoms with Crippen LogP contribution in [0.1, 0.15) is 24.0 Å². The monoisotopic (exact) mass is 191 g/mol. The van der Waals surface area contributed by atoms with E-state index in [1.165, 1.54) is 11.1 Å². The smallest absolute Gasteiger partial charge is 0.201 e. The normalized spacial score (nSPS) is 12.4. The van der Waals surface area contributed by atoms with Crippen molar-refractivity contribution in [3.8, 4) is 0 Å². The van der Waals surface area contributed by atoms with Crippen molar-refractivity contribution in [2.24, 2.45) is 0 Å². The maximum absolute atomic E-state index is 9.99. The Balaban J connectivity index is 2.37. The maximum Gasteiger partial charge on any atom is 0.201 e. The summed E-state index contributed by atoms with van der Waals surface area (Å²) in [4.78, 5) is 9.99. The van der Waals surface area contributed by atoms with Crippen molar-refractivity contribution in [3.63, 3.8) is 0 Å². The van der Waals surface area contributed by atoms with Gasteiger partial charge < -0.3 is 5.11 Å². The molecule has 0 amide bonds. The van der Waals surface area contributed by atoms with E-state index in [-0.39, 0.29) is 6.42 Å². The zero-order chi connectivity index (χ0) is 10.4. The molecular formula is C12H15O2. The molecule has 1 aromatic rings. The van der Waals surface area contributed by atoms with E-state index in [0.717, 1.165) is 6.42 Å². The highest BCUT2D eigenvalue weighted by Gasteiger charge is 2.03. The van der Waals surface area contributed by atoms with E-state index in [4.69, 9.17) is 0 Å². The highest BCUT2D eigenvalue weighted by Crippen LogP contribution is 2.08. The molecule has 2 nitrogen and oxygen atoms in total. The summed E-state index contributed by atoms with van der Waals surface area (Å²) in [6, 6.07) is 8.19. The largest absolute Gasteiger partial charge is 0.393 e. The van der Waals surface area contributed by atoms with Gasteiger partial charge in [-0.25, -0.2) is 0 Å². The summed E-state index contributed by atoms with van der Waals surface area (Å²) in [5.41, 5.74) is 2.43. The fraction of sp³-hybridized carbons (Fsp3) is 0.417. The Bertz CT molecular complexity index is 277. The third-order valence-electron chi connectivity index (χ3n) is 2.21. The molecule has 0 saturated heterocycles. The molecule has 14 heavy (non-hydrogen) atoms. The number of hydrogen-bond acceptors (Lipinski definition) is 2. The standard InChI is InChI=1S/C12H15O2/c1-10-2-4-11(5-3-10)6-7-12(14)8-9-13/h2-5,12,14H,6-8H2,1H3/t12-/m1/s1. The van der Waals surface area contributed by atoms with Gasteiger partial charge in [-0.05, 0) is 25.3 Å². The van der Waals surface area contributed by atoms with Crippen LogP contribution in [-0.4, -0.2) is 17.5 Å². The lowest BCUT2D eigenvalue weighted by Gasteiger charge is -2.06. The van der Waals surface area contributed by atoms with E-state index in [1.807, 2.05) is 31.2 Å². The molecule has 1 aromatic carbocycles. The van der Waals surface area contributed by atoms with Crippen LogP contribution in [-0.2, 0) is 11.2 Å². The molecule has 0 aliphatic carbocycles. The van der Waals surface area contributed by atoms with Crippen LogP contribution in [0.25, 0.3) is 0 Å². The predicted octanol–water partition coefficient (Wildman–Crippen LogP) is 1.79. The number of carbonyl (C=O) groups excluding carboxylic acids is 1. The highest BCUT2D eigenvalue weighted by molar-refractivity contribution is 5.51. The van der Waals surface area contributed by atoms with Gasteiger partial charge in [-0.2, -0.15) is 0 Å². The topological polar surface area (TPSA) is 37.3 Å². The minimum atomic E-state index is -0.547. The van der Waals surface area contributed by atoms with E-state index < -0.39 is 6.10 Å². The summed E-state index contributed by atoms with van der Waals surface area (Å²) in [7, 11) is 0. The van der Waals surface area contributed by atoms with Crippen LogP contribution in [0.5, 0.6) is 0 Å². The summed E-state index contributed by atoms with van der Waals surface area (Å²) >= 11 is 0. The fourth-order valence-corrected chi connectivity index (χ4v) is 1.29. The summed E-state index contributed by atoms with van der Waals surface area (Å²) in [6.45, 7) is 2.04. The average molecular weight is 191 g/mol. The van der Waals surface area contributed by atoms with Crippen LogP contribution in [0, 0.1) is 6.92 Å². The Hall–Kier alpha value is -1.15.